The van der Waals surface area contributed by atoms with E-state index >= 15 is 0 Å². The van der Waals surface area contributed by atoms with Crippen LogP contribution in [0, 0.1) is 0 Å². The number of aromatic nitrogens is 2. The van der Waals surface area contributed by atoms with Gasteiger partial charge in [-0.25, -0.2) is 0 Å². The summed E-state index contributed by atoms with van der Waals surface area (Å²) < 4.78 is 5.56. The third-order valence-electron chi connectivity index (χ3n) is 2.53. The zero-order valence-electron chi connectivity index (χ0n) is 8.79. The Morgan fingerprint density at radius 3 is 3.12 bits per heavy atom. The van der Waals surface area contributed by atoms with Crippen molar-refractivity contribution >= 4 is 22.4 Å². The van der Waals surface area contributed by atoms with Gasteiger partial charge in [-0.2, -0.15) is 0 Å². The Balaban J connectivity index is 1.70. The maximum atomic E-state index is 11.9. The molecule has 1 unspecified atom stereocenters. The number of rotatable bonds is 2. The van der Waals surface area contributed by atoms with Crippen molar-refractivity contribution in [3.05, 3.63) is 35.3 Å². The van der Waals surface area contributed by atoms with E-state index < -0.39 is 6.10 Å². The molecule has 5 nitrogen and oxygen atoms in total. The molecule has 2 aromatic rings. The second kappa shape index (κ2) is 4.14. The van der Waals surface area contributed by atoms with Crippen LogP contribution in [-0.2, 0) is 11.2 Å². The number of ether oxygens (including phenoxy) is 1. The number of hydrogen-bond acceptors (Lipinski definition) is 5. The van der Waals surface area contributed by atoms with E-state index in [0.717, 1.165) is 11.3 Å². The van der Waals surface area contributed by atoms with E-state index in [2.05, 4.69) is 15.5 Å². The van der Waals surface area contributed by atoms with Crippen LogP contribution in [0.5, 0.6) is 5.75 Å². The Bertz CT molecular complexity index is 516. The molecule has 0 saturated heterocycles. The Morgan fingerprint density at radius 2 is 2.35 bits per heavy atom. The Hall–Kier alpha value is -1.95. The molecular weight excluding hydrogens is 238 g/mol. The minimum absolute atomic E-state index is 0.182. The molecule has 0 aliphatic carbocycles. The van der Waals surface area contributed by atoms with Gasteiger partial charge in [0, 0.05) is 6.42 Å². The summed E-state index contributed by atoms with van der Waals surface area (Å²) in [6.07, 6.45) is 0.122. The first-order valence-corrected chi connectivity index (χ1v) is 6.02. The second-order valence-corrected chi connectivity index (χ2v) is 4.48. The van der Waals surface area contributed by atoms with Crippen LogP contribution >= 0.6 is 11.3 Å². The predicted molar refractivity (Wildman–Crippen MR) is 63.1 cm³/mol. The number of nitrogens with one attached hydrogen (secondary N) is 1. The van der Waals surface area contributed by atoms with Crippen LogP contribution < -0.4 is 10.1 Å². The van der Waals surface area contributed by atoms with Gasteiger partial charge in [0.05, 0.1) is 0 Å². The molecule has 6 heteroatoms. The number of para-hydroxylation sites is 1. The number of nitrogens with zero attached hydrogens (tertiary/aromatic N) is 2. The number of carbonyl (C=O) groups is 1. The van der Waals surface area contributed by atoms with Gasteiger partial charge in [-0.1, -0.05) is 29.5 Å². The van der Waals surface area contributed by atoms with Crippen LogP contribution in [0.3, 0.4) is 0 Å². The Labute approximate surface area is 101 Å². The fourth-order valence-electron chi connectivity index (χ4n) is 1.74. The summed E-state index contributed by atoms with van der Waals surface area (Å²) in [5, 5.41) is 10.6. The minimum atomic E-state index is -0.476. The quantitative estimate of drug-likeness (QED) is 0.873. The molecule has 1 aromatic carbocycles. The molecular formula is C11H9N3O2S. The standard InChI is InChI=1S/C11H9N3O2S/c15-10(13-11-14-12-6-17-11)9-5-7-3-1-2-4-8(7)16-9/h1-4,6,9H,5H2,(H,13,14,15). The molecule has 0 saturated carbocycles. The van der Waals surface area contributed by atoms with Crippen LogP contribution in [0.4, 0.5) is 5.13 Å². The van der Waals surface area contributed by atoms with Crippen molar-refractivity contribution in [2.45, 2.75) is 12.5 Å². The zero-order valence-corrected chi connectivity index (χ0v) is 9.61. The summed E-state index contributed by atoms with van der Waals surface area (Å²) >= 11 is 1.28. The molecule has 0 fully saturated rings. The molecule has 1 atom stereocenters. The monoisotopic (exact) mass is 247 g/mol. The first-order valence-electron chi connectivity index (χ1n) is 5.14. The van der Waals surface area contributed by atoms with Crippen molar-refractivity contribution in [2.24, 2.45) is 0 Å². The van der Waals surface area contributed by atoms with Crippen LogP contribution in [0.2, 0.25) is 0 Å². The highest BCUT2D eigenvalue weighted by molar-refractivity contribution is 7.13. The third kappa shape index (κ3) is 1.99. The van der Waals surface area contributed by atoms with Gasteiger partial charge in [-0.3, -0.25) is 10.1 Å². The van der Waals surface area contributed by atoms with E-state index in [1.165, 1.54) is 11.3 Å². The fourth-order valence-corrected chi connectivity index (χ4v) is 2.19. The van der Waals surface area contributed by atoms with Crippen molar-refractivity contribution in [3.63, 3.8) is 0 Å². The van der Waals surface area contributed by atoms with E-state index in [1.54, 1.807) is 5.51 Å². The van der Waals surface area contributed by atoms with Gasteiger partial charge in [0.2, 0.25) is 5.13 Å². The smallest absolute Gasteiger partial charge is 0.267 e. The van der Waals surface area contributed by atoms with Crippen molar-refractivity contribution in [3.8, 4) is 5.75 Å². The van der Waals surface area contributed by atoms with Crippen molar-refractivity contribution < 1.29 is 9.53 Å². The maximum Gasteiger partial charge on any atom is 0.267 e. The summed E-state index contributed by atoms with van der Waals surface area (Å²) in [6, 6.07) is 7.66. The normalized spacial score (nSPS) is 17.3. The Morgan fingerprint density at radius 1 is 1.47 bits per heavy atom. The van der Waals surface area contributed by atoms with E-state index in [0.29, 0.717) is 11.6 Å². The van der Waals surface area contributed by atoms with Crippen LogP contribution in [0.15, 0.2) is 29.8 Å². The van der Waals surface area contributed by atoms with Gasteiger partial charge < -0.3 is 4.74 Å². The van der Waals surface area contributed by atoms with Crippen LogP contribution in [0.1, 0.15) is 5.56 Å². The molecule has 1 aromatic heterocycles. The highest BCUT2D eigenvalue weighted by atomic mass is 32.1. The lowest BCUT2D eigenvalue weighted by Crippen LogP contribution is -2.31. The summed E-state index contributed by atoms with van der Waals surface area (Å²) in [4.78, 5) is 11.9. The topological polar surface area (TPSA) is 64.1 Å². The number of amides is 1. The lowest BCUT2D eigenvalue weighted by Gasteiger charge is -2.08. The van der Waals surface area contributed by atoms with Crippen LogP contribution in [0.25, 0.3) is 0 Å². The molecule has 86 valence electrons. The molecule has 17 heavy (non-hydrogen) atoms. The maximum absolute atomic E-state index is 11.9. The highest BCUT2D eigenvalue weighted by Crippen LogP contribution is 2.28. The van der Waals surface area contributed by atoms with Gasteiger partial charge in [0.1, 0.15) is 11.3 Å². The van der Waals surface area contributed by atoms with Gasteiger partial charge in [-0.15, -0.1) is 10.2 Å². The molecule has 0 spiro atoms. The van der Waals surface area contributed by atoms with E-state index in [-0.39, 0.29) is 5.91 Å². The molecule has 2 heterocycles. The van der Waals surface area contributed by atoms with Gasteiger partial charge in [-0.05, 0) is 11.6 Å². The van der Waals surface area contributed by atoms with E-state index in [9.17, 15) is 4.79 Å². The molecule has 1 aliphatic rings. The number of fused-ring (bicyclic) bond motifs is 1. The van der Waals surface area contributed by atoms with E-state index in [1.807, 2.05) is 24.3 Å². The van der Waals surface area contributed by atoms with Gasteiger partial charge in [0.25, 0.3) is 5.91 Å². The SMILES string of the molecule is O=C(Nc1nncs1)C1Cc2ccccc2O1. The van der Waals surface area contributed by atoms with Gasteiger partial charge >= 0.3 is 0 Å². The molecule has 1 aliphatic heterocycles. The molecule has 0 bridgehead atoms. The summed E-state index contributed by atoms with van der Waals surface area (Å²) in [6.45, 7) is 0. The lowest BCUT2D eigenvalue weighted by atomic mass is 10.1. The van der Waals surface area contributed by atoms with E-state index in [4.69, 9.17) is 4.74 Å². The first-order chi connectivity index (χ1) is 8.33. The second-order valence-electron chi connectivity index (χ2n) is 3.65. The van der Waals surface area contributed by atoms with Crippen molar-refractivity contribution in [2.75, 3.05) is 5.32 Å². The highest BCUT2D eigenvalue weighted by Gasteiger charge is 2.29. The number of carbonyl (C=O) groups excluding carboxylic acids is 1. The summed E-state index contributed by atoms with van der Waals surface area (Å²) in [7, 11) is 0. The lowest BCUT2D eigenvalue weighted by molar-refractivity contribution is -0.122. The summed E-state index contributed by atoms with van der Waals surface area (Å²) in [5.41, 5.74) is 2.63. The molecule has 3 rings (SSSR count). The number of benzene rings is 1. The minimum Gasteiger partial charge on any atom is -0.480 e. The number of hydrogen-bond donors (Lipinski definition) is 1. The number of anilines is 1. The molecule has 0 radical (unpaired) electrons. The van der Waals surface area contributed by atoms with Gasteiger partial charge in [0.15, 0.2) is 6.10 Å². The van der Waals surface area contributed by atoms with Crippen molar-refractivity contribution in [1.82, 2.24) is 10.2 Å². The summed E-state index contributed by atoms with van der Waals surface area (Å²) in [5.74, 6) is 0.600. The van der Waals surface area contributed by atoms with Crippen LogP contribution in [-0.4, -0.2) is 22.2 Å². The third-order valence-corrected chi connectivity index (χ3v) is 3.14. The predicted octanol–water partition coefficient (Wildman–Crippen LogP) is 1.48. The average molecular weight is 247 g/mol. The van der Waals surface area contributed by atoms with Crippen molar-refractivity contribution in [1.29, 1.82) is 0 Å². The molecule has 1 amide bonds. The fraction of sp³-hybridized carbons (Fsp3) is 0.182. The first kappa shape index (κ1) is 10.2. The Kier molecular flexibility index (Phi) is 2.49. The largest absolute Gasteiger partial charge is 0.480 e. The molecule has 1 N–H and O–H groups in total. The zero-order chi connectivity index (χ0) is 11.7. The average Bonchev–Trinajstić information content (AvgIpc) is 2.96.